The van der Waals surface area contributed by atoms with E-state index < -0.39 is 0 Å². The second-order valence-corrected chi connectivity index (χ2v) is 4.51. The topological polar surface area (TPSA) is 61.4 Å². The summed E-state index contributed by atoms with van der Waals surface area (Å²) in [5.74, 6) is 0.290. The van der Waals surface area contributed by atoms with Crippen LogP contribution in [-0.4, -0.2) is 23.1 Å². The van der Waals surface area contributed by atoms with Crippen molar-refractivity contribution in [3.63, 3.8) is 0 Å². The number of carbonyl (C=O) groups is 1. The number of para-hydroxylation sites is 1. The summed E-state index contributed by atoms with van der Waals surface area (Å²) in [5, 5.41) is 15.6. The lowest BCUT2D eigenvalue weighted by Crippen LogP contribution is -2.42. The highest BCUT2D eigenvalue weighted by atomic mass is 16.3. The Hall–Kier alpha value is -1.55. The van der Waals surface area contributed by atoms with Crippen LogP contribution >= 0.6 is 0 Å². The van der Waals surface area contributed by atoms with E-state index in [1.807, 2.05) is 19.1 Å². The third-order valence-corrected chi connectivity index (χ3v) is 2.91. The van der Waals surface area contributed by atoms with Crippen molar-refractivity contribution in [3.8, 4) is 5.75 Å². The minimum Gasteiger partial charge on any atom is -0.508 e. The van der Waals surface area contributed by atoms with Crippen LogP contribution in [0.2, 0.25) is 0 Å². The van der Waals surface area contributed by atoms with Gasteiger partial charge in [-0.2, -0.15) is 0 Å². The zero-order chi connectivity index (χ0) is 12.3. The maximum Gasteiger partial charge on any atom is 0.237 e. The van der Waals surface area contributed by atoms with Crippen LogP contribution in [-0.2, 0) is 11.3 Å². The third kappa shape index (κ3) is 3.46. The molecule has 1 aromatic carbocycles. The average Bonchev–Trinajstić information content (AvgIpc) is 3.11. The summed E-state index contributed by atoms with van der Waals surface area (Å²) in [5.41, 5.74) is 0.804. The van der Waals surface area contributed by atoms with Crippen LogP contribution in [0.5, 0.6) is 5.75 Å². The van der Waals surface area contributed by atoms with Crippen LogP contribution in [0.15, 0.2) is 24.3 Å². The number of benzene rings is 1. The number of phenols is 1. The highest BCUT2D eigenvalue weighted by Crippen LogP contribution is 2.19. The van der Waals surface area contributed by atoms with Crippen molar-refractivity contribution in [1.82, 2.24) is 10.6 Å². The molecule has 4 nitrogen and oxygen atoms in total. The lowest BCUT2D eigenvalue weighted by molar-refractivity contribution is -0.122. The predicted molar refractivity (Wildman–Crippen MR) is 65.6 cm³/mol. The molecule has 92 valence electrons. The molecule has 0 spiro atoms. The molecule has 0 heterocycles. The van der Waals surface area contributed by atoms with Gasteiger partial charge in [0.1, 0.15) is 5.75 Å². The molecule has 0 radical (unpaired) electrons. The summed E-state index contributed by atoms with van der Waals surface area (Å²) >= 11 is 0. The molecule has 0 aliphatic heterocycles. The molecular formula is C13H18N2O2. The Kier molecular flexibility index (Phi) is 3.64. The molecule has 2 rings (SSSR count). The van der Waals surface area contributed by atoms with Gasteiger partial charge in [0.25, 0.3) is 0 Å². The van der Waals surface area contributed by atoms with Gasteiger partial charge in [-0.1, -0.05) is 18.2 Å². The van der Waals surface area contributed by atoms with Crippen LogP contribution in [0.1, 0.15) is 25.3 Å². The number of carbonyl (C=O) groups excluding carboxylic acids is 1. The number of nitrogens with one attached hydrogen (secondary N) is 2. The molecule has 3 N–H and O–H groups in total. The van der Waals surface area contributed by atoms with Crippen LogP contribution in [0.4, 0.5) is 0 Å². The number of phenolic OH excluding ortho intramolecular Hbond substituents is 1. The van der Waals surface area contributed by atoms with Gasteiger partial charge in [-0.05, 0) is 25.8 Å². The quantitative estimate of drug-likeness (QED) is 0.716. The fourth-order valence-corrected chi connectivity index (χ4v) is 1.57. The first-order chi connectivity index (χ1) is 8.16. The number of hydrogen-bond acceptors (Lipinski definition) is 3. The molecule has 1 aliphatic carbocycles. The summed E-state index contributed by atoms with van der Waals surface area (Å²) in [6, 6.07) is 7.28. The Labute approximate surface area is 101 Å². The lowest BCUT2D eigenvalue weighted by atomic mass is 10.2. The number of rotatable bonds is 5. The van der Waals surface area contributed by atoms with Crippen molar-refractivity contribution in [2.24, 2.45) is 0 Å². The molecule has 1 atom stereocenters. The standard InChI is InChI=1S/C13H18N2O2/c1-9(13(17)15-11-6-7-11)14-8-10-4-2-3-5-12(10)16/h2-5,9,11,14,16H,6-8H2,1H3,(H,15,17). The van der Waals surface area contributed by atoms with E-state index in [9.17, 15) is 9.90 Å². The van der Waals surface area contributed by atoms with Gasteiger partial charge in [0.05, 0.1) is 6.04 Å². The van der Waals surface area contributed by atoms with Crippen molar-refractivity contribution in [2.45, 2.75) is 38.4 Å². The smallest absolute Gasteiger partial charge is 0.237 e. The molecule has 1 amide bonds. The first-order valence-electron chi connectivity index (χ1n) is 5.97. The van der Waals surface area contributed by atoms with E-state index in [0.717, 1.165) is 18.4 Å². The average molecular weight is 234 g/mol. The summed E-state index contributed by atoms with van der Waals surface area (Å²) < 4.78 is 0. The van der Waals surface area contributed by atoms with Crippen molar-refractivity contribution in [3.05, 3.63) is 29.8 Å². The number of aromatic hydroxyl groups is 1. The first kappa shape index (κ1) is 11.9. The van der Waals surface area contributed by atoms with Gasteiger partial charge < -0.3 is 15.7 Å². The Morgan fingerprint density at radius 3 is 2.82 bits per heavy atom. The van der Waals surface area contributed by atoms with Crippen molar-refractivity contribution < 1.29 is 9.90 Å². The van der Waals surface area contributed by atoms with Gasteiger partial charge in [-0.25, -0.2) is 0 Å². The van der Waals surface area contributed by atoms with Crippen molar-refractivity contribution in [1.29, 1.82) is 0 Å². The highest BCUT2D eigenvalue weighted by molar-refractivity contribution is 5.81. The molecule has 17 heavy (non-hydrogen) atoms. The lowest BCUT2D eigenvalue weighted by Gasteiger charge is -2.14. The minimum absolute atomic E-state index is 0.0305. The van der Waals surface area contributed by atoms with Crippen LogP contribution < -0.4 is 10.6 Å². The van der Waals surface area contributed by atoms with Gasteiger partial charge in [-0.3, -0.25) is 4.79 Å². The largest absolute Gasteiger partial charge is 0.508 e. The van der Waals surface area contributed by atoms with Gasteiger partial charge in [0.15, 0.2) is 0 Å². The summed E-state index contributed by atoms with van der Waals surface area (Å²) in [7, 11) is 0. The minimum atomic E-state index is -0.241. The molecule has 1 aromatic rings. The van der Waals surface area contributed by atoms with Gasteiger partial charge in [0.2, 0.25) is 5.91 Å². The van der Waals surface area contributed by atoms with Crippen LogP contribution in [0, 0.1) is 0 Å². The fraction of sp³-hybridized carbons (Fsp3) is 0.462. The zero-order valence-electron chi connectivity index (χ0n) is 9.94. The van der Waals surface area contributed by atoms with E-state index in [4.69, 9.17) is 0 Å². The molecule has 1 aliphatic rings. The van der Waals surface area contributed by atoms with Crippen LogP contribution in [0.25, 0.3) is 0 Å². The Balaban J connectivity index is 1.80. The van der Waals surface area contributed by atoms with E-state index >= 15 is 0 Å². The maximum absolute atomic E-state index is 11.7. The Morgan fingerprint density at radius 2 is 2.18 bits per heavy atom. The molecule has 4 heteroatoms. The third-order valence-electron chi connectivity index (χ3n) is 2.91. The SMILES string of the molecule is CC(NCc1ccccc1O)C(=O)NC1CC1. The predicted octanol–water partition coefficient (Wildman–Crippen LogP) is 1.15. The van der Waals surface area contributed by atoms with E-state index in [-0.39, 0.29) is 17.7 Å². The van der Waals surface area contributed by atoms with Gasteiger partial charge in [0, 0.05) is 18.2 Å². The van der Waals surface area contributed by atoms with E-state index in [2.05, 4.69) is 10.6 Å². The molecule has 1 saturated carbocycles. The van der Waals surface area contributed by atoms with Gasteiger partial charge >= 0.3 is 0 Å². The van der Waals surface area contributed by atoms with Crippen molar-refractivity contribution >= 4 is 5.91 Å². The fourth-order valence-electron chi connectivity index (χ4n) is 1.57. The van der Waals surface area contributed by atoms with Crippen molar-refractivity contribution in [2.75, 3.05) is 0 Å². The molecule has 1 unspecified atom stereocenters. The number of hydrogen-bond donors (Lipinski definition) is 3. The Morgan fingerprint density at radius 1 is 1.47 bits per heavy atom. The van der Waals surface area contributed by atoms with Crippen LogP contribution in [0.3, 0.4) is 0 Å². The molecule has 0 bridgehead atoms. The van der Waals surface area contributed by atoms with E-state index in [1.165, 1.54) is 0 Å². The first-order valence-corrected chi connectivity index (χ1v) is 5.97. The van der Waals surface area contributed by atoms with E-state index in [1.54, 1.807) is 12.1 Å². The van der Waals surface area contributed by atoms with Gasteiger partial charge in [-0.15, -0.1) is 0 Å². The monoisotopic (exact) mass is 234 g/mol. The Bertz CT molecular complexity index is 402. The zero-order valence-corrected chi connectivity index (χ0v) is 9.94. The normalized spacial score (nSPS) is 16.5. The summed E-state index contributed by atoms with van der Waals surface area (Å²) in [4.78, 5) is 11.7. The second kappa shape index (κ2) is 5.19. The molecular weight excluding hydrogens is 216 g/mol. The summed E-state index contributed by atoms with van der Waals surface area (Å²) in [6.45, 7) is 2.32. The maximum atomic E-state index is 11.7. The molecule has 1 fully saturated rings. The summed E-state index contributed by atoms with van der Waals surface area (Å²) in [6.07, 6.45) is 2.19. The molecule has 0 aromatic heterocycles. The highest BCUT2D eigenvalue weighted by Gasteiger charge is 2.25. The van der Waals surface area contributed by atoms with E-state index in [0.29, 0.717) is 12.6 Å². The molecule has 0 saturated heterocycles. The number of amides is 1. The second-order valence-electron chi connectivity index (χ2n) is 4.51.